The average Bonchev–Trinajstić information content (AvgIpc) is 2.76. The summed E-state index contributed by atoms with van der Waals surface area (Å²) >= 11 is 0. The number of ether oxygens (including phenoxy) is 5. The van der Waals surface area contributed by atoms with Gasteiger partial charge in [-0.2, -0.15) is 0 Å². The van der Waals surface area contributed by atoms with Crippen molar-refractivity contribution < 1.29 is 69.6 Å². The summed E-state index contributed by atoms with van der Waals surface area (Å²) in [6.45, 7) is 2.21. The monoisotopic (exact) mass is 472 g/mol. The van der Waals surface area contributed by atoms with Crippen LogP contribution in [-0.4, -0.2) is 145 Å². The fraction of sp³-hybridized carbons (Fsp3) is 1.00. The summed E-state index contributed by atoms with van der Waals surface area (Å²) in [4.78, 5) is 0. The summed E-state index contributed by atoms with van der Waals surface area (Å²) in [6.07, 6.45) is -22.0. The van der Waals surface area contributed by atoms with E-state index >= 15 is 0 Å². The highest BCUT2D eigenvalue weighted by atomic mass is 16.7. The molecule has 0 saturated carbocycles. The molecule has 0 aromatic carbocycles. The molecule has 9 N–H and O–H groups in total. The van der Waals surface area contributed by atoms with Gasteiger partial charge in [-0.15, -0.1) is 0 Å². The van der Waals surface area contributed by atoms with Gasteiger partial charge in [-0.05, 0) is 13.8 Å². The molecule has 3 heterocycles. The lowest BCUT2D eigenvalue weighted by Gasteiger charge is -2.47. The van der Waals surface area contributed by atoms with E-state index in [1.54, 1.807) is 0 Å². The minimum absolute atomic E-state index is 0.693. The Morgan fingerprint density at radius 1 is 0.562 bits per heavy atom. The summed E-state index contributed by atoms with van der Waals surface area (Å²) in [7, 11) is 0. The fourth-order valence-electron chi connectivity index (χ4n) is 3.98. The van der Waals surface area contributed by atoms with Crippen LogP contribution in [0, 0.1) is 0 Å². The molecule has 3 aliphatic heterocycles. The highest BCUT2D eigenvalue weighted by molar-refractivity contribution is 4.95. The highest BCUT2D eigenvalue weighted by Crippen LogP contribution is 2.31. The summed E-state index contributed by atoms with van der Waals surface area (Å²) in [6, 6.07) is 0. The first-order valence-corrected chi connectivity index (χ1v) is 10.3. The van der Waals surface area contributed by atoms with Gasteiger partial charge in [0.25, 0.3) is 0 Å². The number of hydrogen-bond acceptors (Lipinski definition) is 14. The molecule has 3 rings (SSSR count). The van der Waals surface area contributed by atoms with Crippen LogP contribution in [0.3, 0.4) is 0 Å². The molecule has 14 nitrogen and oxygen atoms in total. The van der Waals surface area contributed by atoms with Gasteiger partial charge in [0, 0.05) is 0 Å². The maximum atomic E-state index is 10.6. The molecule has 15 atom stereocenters. The minimum Gasteiger partial charge on any atom is -0.394 e. The van der Waals surface area contributed by atoms with E-state index in [0.29, 0.717) is 0 Å². The second-order valence-corrected chi connectivity index (χ2v) is 8.30. The van der Waals surface area contributed by atoms with Gasteiger partial charge in [-0.3, -0.25) is 0 Å². The zero-order valence-electron chi connectivity index (χ0n) is 17.4. The largest absolute Gasteiger partial charge is 0.394 e. The molecule has 32 heavy (non-hydrogen) atoms. The van der Waals surface area contributed by atoms with Crippen molar-refractivity contribution in [2.45, 2.75) is 106 Å². The molecule has 0 spiro atoms. The molecular formula is C18H32O14. The molecule has 3 aliphatic rings. The molecule has 0 aromatic heterocycles. The molecule has 3 fully saturated rings. The molecule has 3 saturated heterocycles. The van der Waals surface area contributed by atoms with Crippen molar-refractivity contribution in [2.24, 2.45) is 0 Å². The van der Waals surface area contributed by atoms with Crippen LogP contribution in [-0.2, 0) is 23.7 Å². The van der Waals surface area contributed by atoms with Crippen LogP contribution in [0.1, 0.15) is 13.8 Å². The molecule has 188 valence electrons. The Morgan fingerprint density at radius 3 is 1.66 bits per heavy atom. The van der Waals surface area contributed by atoms with Crippen LogP contribution in [0.5, 0.6) is 0 Å². The zero-order chi connectivity index (χ0) is 23.9. The van der Waals surface area contributed by atoms with E-state index < -0.39 is 98.7 Å². The van der Waals surface area contributed by atoms with Crippen molar-refractivity contribution in [2.75, 3.05) is 6.61 Å². The third-order valence-corrected chi connectivity index (χ3v) is 6.01. The average molecular weight is 472 g/mol. The van der Waals surface area contributed by atoms with E-state index in [9.17, 15) is 46.0 Å². The molecule has 1 unspecified atom stereocenters. The van der Waals surface area contributed by atoms with Crippen LogP contribution < -0.4 is 0 Å². The summed E-state index contributed by atoms with van der Waals surface area (Å²) < 4.78 is 26.9. The van der Waals surface area contributed by atoms with Crippen molar-refractivity contribution in [3.05, 3.63) is 0 Å². The first-order chi connectivity index (χ1) is 15.0. The van der Waals surface area contributed by atoms with Crippen molar-refractivity contribution >= 4 is 0 Å². The Balaban J connectivity index is 1.67. The van der Waals surface area contributed by atoms with Crippen molar-refractivity contribution in [3.63, 3.8) is 0 Å². The first kappa shape index (κ1) is 26.1. The Morgan fingerprint density at radius 2 is 1.06 bits per heavy atom. The molecular weight excluding hydrogens is 440 g/mol. The lowest BCUT2D eigenvalue weighted by molar-refractivity contribution is -0.372. The van der Waals surface area contributed by atoms with E-state index in [1.165, 1.54) is 13.8 Å². The predicted molar refractivity (Wildman–Crippen MR) is 98.4 cm³/mol. The van der Waals surface area contributed by atoms with Crippen LogP contribution >= 0.6 is 0 Å². The fourth-order valence-corrected chi connectivity index (χ4v) is 3.98. The van der Waals surface area contributed by atoms with Gasteiger partial charge in [0.2, 0.25) is 0 Å². The zero-order valence-corrected chi connectivity index (χ0v) is 17.4. The standard InChI is InChI=1S/C18H32O14/c1-4-7(20)8(21)12(25)17(28-4)31-14-5(2)29-18(13(26)10(14)23)32-15-6(3-19)30-16(27)11(24)9(15)22/h4-27H,3H2,1-2H3/t4-,5-,6+,7-,8+,9+,10-,11+,12+,13+,14-,15+,16?,17-,18-/m0/s1. The number of rotatable bonds is 5. The lowest BCUT2D eigenvalue weighted by atomic mass is 9.96. The van der Waals surface area contributed by atoms with Crippen LogP contribution in [0.25, 0.3) is 0 Å². The Labute approximate surface area is 183 Å². The molecule has 14 heteroatoms. The number of aliphatic hydroxyl groups excluding tert-OH is 9. The maximum Gasteiger partial charge on any atom is 0.187 e. The summed E-state index contributed by atoms with van der Waals surface area (Å²) in [5, 5.41) is 89.9. The van der Waals surface area contributed by atoms with E-state index in [0.717, 1.165) is 0 Å². The first-order valence-electron chi connectivity index (χ1n) is 10.3. The highest BCUT2D eigenvalue weighted by Gasteiger charge is 2.52. The Hall–Kier alpha value is -0.560. The second kappa shape index (κ2) is 10.4. The van der Waals surface area contributed by atoms with E-state index in [-0.39, 0.29) is 0 Å². The van der Waals surface area contributed by atoms with Gasteiger partial charge in [0.05, 0.1) is 18.8 Å². The van der Waals surface area contributed by atoms with Crippen molar-refractivity contribution in [1.82, 2.24) is 0 Å². The Bertz CT molecular complexity index is 608. The normalized spacial score (nSPS) is 55.0. The summed E-state index contributed by atoms with van der Waals surface area (Å²) in [5.74, 6) is 0. The van der Waals surface area contributed by atoms with Crippen molar-refractivity contribution in [1.29, 1.82) is 0 Å². The summed E-state index contributed by atoms with van der Waals surface area (Å²) in [5.41, 5.74) is 0. The van der Waals surface area contributed by atoms with Crippen molar-refractivity contribution in [3.8, 4) is 0 Å². The third kappa shape index (κ3) is 4.94. The van der Waals surface area contributed by atoms with Gasteiger partial charge in [-0.1, -0.05) is 0 Å². The van der Waals surface area contributed by atoms with Gasteiger partial charge in [0.15, 0.2) is 18.9 Å². The predicted octanol–water partition coefficient (Wildman–Crippen LogP) is -5.52. The van der Waals surface area contributed by atoms with E-state index in [4.69, 9.17) is 23.7 Å². The topological polar surface area (TPSA) is 228 Å². The quantitative estimate of drug-likeness (QED) is 0.182. The Kier molecular flexibility index (Phi) is 8.44. The van der Waals surface area contributed by atoms with E-state index in [1.807, 2.05) is 0 Å². The number of hydrogen-bond donors (Lipinski definition) is 9. The van der Waals surface area contributed by atoms with Gasteiger partial charge in [-0.25, -0.2) is 0 Å². The molecule has 0 amide bonds. The second-order valence-electron chi connectivity index (χ2n) is 8.30. The van der Waals surface area contributed by atoms with Crippen LogP contribution in [0.2, 0.25) is 0 Å². The van der Waals surface area contributed by atoms with Gasteiger partial charge >= 0.3 is 0 Å². The van der Waals surface area contributed by atoms with E-state index in [2.05, 4.69) is 0 Å². The van der Waals surface area contributed by atoms with Gasteiger partial charge < -0.3 is 69.6 Å². The molecule has 0 aliphatic carbocycles. The molecule has 0 radical (unpaired) electrons. The SMILES string of the molecule is C[C@@H]1O[C@@H](O[C@@H]2[C@@H](O)[C@@H](O)[C@H](O[C@H]3[C@H](O)[C@@H](O)C(O)O[C@@H]3CO)O[C@H]2C)[C@H](O)[C@H](O)[C@H]1O. The maximum absolute atomic E-state index is 10.6. The number of aliphatic hydroxyl groups is 9. The van der Waals surface area contributed by atoms with Crippen LogP contribution in [0.4, 0.5) is 0 Å². The molecule has 0 aromatic rings. The van der Waals surface area contributed by atoms with Gasteiger partial charge in [0.1, 0.15) is 61.0 Å². The smallest absolute Gasteiger partial charge is 0.187 e. The third-order valence-electron chi connectivity index (χ3n) is 6.01. The molecule has 0 bridgehead atoms. The lowest BCUT2D eigenvalue weighted by Crippen LogP contribution is -2.65. The van der Waals surface area contributed by atoms with Crippen LogP contribution in [0.15, 0.2) is 0 Å². The minimum atomic E-state index is -1.76.